The van der Waals surface area contributed by atoms with Crippen LogP contribution in [-0.4, -0.2) is 21.6 Å². The number of halogens is 2. The number of nitrogens with zero attached hydrogens (tertiary/aromatic N) is 2. The van der Waals surface area contributed by atoms with Gasteiger partial charge in [0.2, 0.25) is 0 Å². The fourth-order valence-corrected chi connectivity index (χ4v) is 3.31. The molecule has 0 saturated heterocycles. The lowest BCUT2D eigenvalue weighted by Crippen LogP contribution is -2.19. The van der Waals surface area contributed by atoms with E-state index in [1.54, 1.807) is 28.8 Å². The number of aromatic amines is 1. The molecule has 8 heteroatoms. The van der Waals surface area contributed by atoms with E-state index < -0.39 is 12.0 Å². The van der Waals surface area contributed by atoms with E-state index in [0.717, 1.165) is 0 Å². The quantitative estimate of drug-likeness (QED) is 0.673. The van der Waals surface area contributed by atoms with Gasteiger partial charge >= 0.3 is 0 Å². The largest absolute Gasteiger partial charge is 0.496 e. The zero-order valence-corrected chi connectivity index (χ0v) is 15.2. The number of ether oxygens (including phenoxy) is 1. The van der Waals surface area contributed by atoms with Crippen LogP contribution < -0.4 is 10.3 Å². The van der Waals surface area contributed by atoms with Crippen LogP contribution >= 0.6 is 12.2 Å². The SMILES string of the molecule is COc1ccccc1-c1cc(C(F)F)c2c(=O)[nH]c(=S)n(C(C)C)c2n1. The molecular formula is C18H17F2N3O2S. The number of alkyl halides is 2. The summed E-state index contributed by atoms with van der Waals surface area (Å²) < 4.78 is 34.5. The Kier molecular flexibility index (Phi) is 4.86. The van der Waals surface area contributed by atoms with Gasteiger partial charge in [0.25, 0.3) is 12.0 Å². The van der Waals surface area contributed by atoms with Crippen molar-refractivity contribution in [1.29, 1.82) is 0 Å². The second-order valence-electron chi connectivity index (χ2n) is 6.02. The number of hydrogen-bond acceptors (Lipinski definition) is 4. The molecule has 3 rings (SSSR count). The third-order valence-electron chi connectivity index (χ3n) is 4.06. The normalized spacial score (nSPS) is 11.5. The molecule has 1 aromatic carbocycles. The van der Waals surface area contributed by atoms with Crippen LogP contribution in [0.25, 0.3) is 22.3 Å². The zero-order chi connectivity index (χ0) is 19.0. The fraction of sp³-hybridized carbons (Fsp3) is 0.278. The highest BCUT2D eigenvalue weighted by molar-refractivity contribution is 7.71. The fourth-order valence-electron chi connectivity index (χ4n) is 2.92. The molecule has 0 radical (unpaired) electrons. The molecule has 2 heterocycles. The molecule has 3 aromatic rings. The highest BCUT2D eigenvalue weighted by Crippen LogP contribution is 2.34. The van der Waals surface area contributed by atoms with Gasteiger partial charge in [0, 0.05) is 17.2 Å². The lowest BCUT2D eigenvalue weighted by Gasteiger charge is -2.17. The van der Waals surface area contributed by atoms with Gasteiger partial charge < -0.3 is 4.74 Å². The van der Waals surface area contributed by atoms with E-state index in [-0.39, 0.29) is 27.4 Å². The number of para-hydroxylation sites is 1. The number of nitrogens with one attached hydrogen (secondary N) is 1. The van der Waals surface area contributed by atoms with Crippen molar-refractivity contribution in [2.75, 3.05) is 7.11 Å². The van der Waals surface area contributed by atoms with Crippen molar-refractivity contribution in [2.24, 2.45) is 0 Å². The number of rotatable bonds is 4. The first kappa shape index (κ1) is 18.2. The molecule has 0 atom stereocenters. The summed E-state index contributed by atoms with van der Waals surface area (Å²) in [6.07, 6.45) is -2.84. The lowest BCUT2D eigenvalue weighted by atomic mass is 10.1. The predicted molar refractivity (Wildman–Crippen MR) is 98.5 cm³/mol. The van der Waals surface area contributed by atoms with Crippen LogP contribution in [-0.2, 0) is 0 Å². The smallest absolute Gasteiger partial charge is 0.264 e. The second-order valence-corrected chi connectivity index (χ2v) is 6.41. The number of hydrogen-bond donors (Lipinski definition) is 1. The molecule has 26 heavy (non-hydrogen) atoms. The van der Waals surface area contributed by atoms with Crippen molar-refractivity contribution in [1.82, 2.24) is 14.5 Å². The van der Waals surface area contributed by atoms with Crippen LogP contribution in [0, 0.1) is 4.77 Å². The summed E-state index contributed by atoms with van der Waals surface area (Å²) in [6.45, 7) is 3.68. The number of benzene rings is 1. The summed E-state index contributed by atoms with van der Waals surface area (Å²) in [5, 5.41) is -0.152. The van der Waals surface area contributed by atoms with E-state index in [9.17, 15) is 13.6 Å². The third-order valence-corrected chi connectivity index (χ3v) is 4.36. The molecule has 5 nitrogen and oxygen atoms in total. The highest BCUT2D eigenvalue weighted by Gasteiger charge is 2.22. The summed E-state index contributed by atoms with van der Waals surface area (Å²) in [5.41, 5.74) is -0.0785. The van der Waals surface area contributed by atoms with Crippen molar-refractivity contribution < 1.29 is 13.5 Å². The molecule has 0 aliphatic rings. The van der Waals surface area contributed by atoms with Crippen molar-refractivity contribution >= 4 is 23.3 Å². The Bertz CT molecular complexity index is 1090. The van der Waals surface area contributed by atoms with E-state index >= 15 is 0 Å². The number of fused-ring (bicyclic) bond motifs is 1. The van der Waals surface area contributed by atoms with Gasteiger partial charge in [0.15, 0.2) is 4.77 Å². The van der Waals surface area contributed by atoms with Gasteiger partial charge in [0.05, 0.1) is 18.2 Å². The minimum atomic E-state index is -2.84. The minimum absolute atomic E-state index is 0.132. The van der Waals surface area contributed by atoms with E-state index in [0.29, 0.717) is 17.0 Å². The molecule has 0 bridgehead atoms. The summed E-state index contributed by atoms with van der Waals surface area (Å²) in [4.78, 5) is 19.3. The zero-order valence-electron chi connectivity index (χ0n) is 14.4. The molecule has 2 aromatic heterocycles. The van der Waals surface area contributed by atoms with Crippen molar-refractivity contribution in [2.45, 2.75) is 26.3 Å². The maximum Gasteiger partial charge on any atom is 0.264 e. The van der Waals surface area contributed by atoms with Gasteiger partial charge in [-0.25, -0.2) is 13.8 Å². The Morgan fingerprint density at radius 1 is 1.27 bits per heavy atom. The third kappa shape index (κ3) is 3.01. The maximum absolute atomic E-state index is 13.7. The van der Waals surface area contributed by atoms with E-state index in [4.69, 9.17) is 17.0 Å². The monoisotopic (exact) mass is 377 g/mol. The second kappa shape index (κ2) is 6.95. The molecule has 0 spiro atoms. The summed E-state index contributed by atoms with van der Waals surface area (Å²) in [6, 6.07) is 8.04. The van der Waals surface area contributed by atoms with Gasteiger partial charge in [-0.15, -0.1) is 0 Å². The standard InChI is InChI=1S/C18H17F2N3O2S/c1-9(2)23-16-14(17(24)22-18(23)26)11(15(19)20)8-12(21-16)10-6-4-5-7-13(10)25-3/h4-9,15H,1-3H3,(H,22,24,26). The van der Waals surface area contributed by atoms with Crippen LogP contribution in [0.5, 0.6) is 5.75 Å². The van der Waals surface area contributed by atoms with Crippen molar-refractivity contribution in [3.8, 4) is 17.0 Å². The molecule has 1 N–H and O–H groups in total. The van der Waals surface area contributed by atoms with Crippen LogP contribution in [0.15, 0.2) is 35.1 Å². The maximum atomic E-state index is 13.7. The van der Waals surface area contributed by atoms with E-state index in [1.165, 1.54) is 13.2 Å². The number of aromatic nitrogens is 3. The predicted octanol–water partition coefficient (Wildman–Crippen LogP) is 4.65. The molecule has 0 aliphatic carbocycles. The molecule has 136 valence electrons. The molecule has 0 fully saturated rings. The topological polar surface area (TPSA) is 59.9 Å². The first-order valence-electron chi connectivity index (χ1n) is 7.96. The molecule has 0 aliphatic heterocycles. The first-order chi connectivity index (χ1) is 12.3. The average molecular weight is 377 g/mol. The number of H-pyrrole nitrogens is 1. The van der Waals surface area contributed by atoms with Crippen molar-refractivity contribution in [3.05, 3.63) is 51.0 Å². The minimum Gasteiger partial charge on any atom is -0.496 e. The van der Waals surface area contributed by atoms with Crippen LogP contribution in [0.4, 0.5) is 8.78 Å². The Morgan fingerprint density at radius 2 is 1.96 bits per heavy atom. The van der Waals surface area contributed by atoms with Crippen molar-refractivity contribution in [3.63, 3.8) is 0 Å². The van der Waals surface area contributed by atoms with Crippen LogP contribution in [0.1, 0.15) is 31.9 Å². The van der Waals surface area contributed by atoms with Gasteiger partial charge in [-0.1, -0.05) is 12.1 Å². The number of methoxy groups -OCH3 is 1. The van der Waals surface area contributed by atoms with Gasteiger partial charge in [0.1, 0.15) is 11.4 Å². The Balaban J connectivity index is 2.50. The van der Waals surface area contributed by atoms with Crippen LogP contribution in [0.3, 0.4) is 0 Å². The molecule has 0 unspecified atom stereocenters. The first-order valence-corrected chi connectivity index (χ1v) is 8.37. The average Bonchev–Trinajstić information content (AvgIpc) is 2.60. The Morgan fingerprint density at radius 3 is 2.58 bits per heavy atom. The molecular weight excluding hydrogens is 360 g/mol. The molecule has 0 saturated carbocycles. The Labute approximate surface area is 153 Å². The van der Waals surface area contributed by atoms with Gasteiger partial charge in [-0.3, -0.25) is 14.3 Å². The van der Waals surface area contributed by atoms with E-state index in [2.05, 4.69) is 9.97 Å². The van der Waals surface area contributed by atoms with Gasteiger partial charge in [-0.05, 0) is 44.3 Å². The summed E-state index contributed by atoms with van der Waals surface area (Å²) >= 11 is 5.22. The van der Waals surface area contributed by atoms with Gasteiger partial charge in [-0.2, -0.15) is 0 Å². The van der Waals surface area contributed by atoms with E-state index in [1.807, 2.05) is 13.8 Å². The summed E-state index contributed by atoms with van der Waals surface area (Å²) in [7, 11) is 1.49. The number of pyridine rings is 1. The summed E-state index contributed by atoms with van der Waals surface area (Å²) in [5.74, 6) is 0.499. The Hall–Kier alpha value is -2.61. The van der Waals surface area contributed by atoms with Crippen LogP contribution in [0.2, 0.25) is 0 Å². The lowest BCUT2D eigenvalue weighted by molar-refractivity contribution is 0.153. The molecule has 0 amide bonds. The highest BCUT2D eigenvalue weighted by atomic mass is 32.1.